The van der Waals surface area contributed by atoms with Crippen LogP contribution in [0.25, 0.3) is 0 Å². The van der Waals surface area contributed by atoms with Gasteiger partial charge in [0.1, 0.15) is 0 Å². The zero-order valence-electron chi connectivity index (χ0n) is 19.5. The first-order chi connectivity index (χ1) is 16.4. The Morgan fingerprint density at radius 1 is 1.00 bits per heavy atom. The van der Waals surface area contributed by atoms with E-state index in [1.807, 2.05) is 12.1 Å². The molecule has 0 aromatic heterocycles. The third kappa shape index (κ3) is 4.46. The number of ether oxygens (including phenoxy) is 2. The normalized spacial score (nSPS) is 21.0. The molecule has 5 rings (SSSR count). The van der Waals surface area contributed by atoms with E-state index in [1.54, 1.807) is 23.1 Å². The van der Waals surface area contributed by atoms with E-state index < -0.39 is 10.0 Å². The van der Waals surface area contributed by atoms with Crippen LogP contribution < -0.4 is 14.4 Å². The summed E-state index contributed by atoms with van der Waals surface area (Å²) in [5.41, 5.74) is 2.41. The Balaban J connectivity index is 1.23. The highest BCUT2D eigenvalue weighted by molar-refractivity contribution is 7.89. The summed E-state index contributed by atoms with van der Waals surface area (Å²) in [6.07, 6.45) is 2.80. The summed E-state index contributed by atoms with van der Waals surface area (Å²) in [6.45, 7) is 4.83. The standard InChI is InChI=1S/C25H31N3O5S/c1-19-7-8-20-5-2-3-6-22(20)28(19)18-25(29)26-11-13-27(14-12-26)34(30,31)21-9-10-23-24(17-21)33-16-4-15-32-23/h2-3,5-6,9-10,17,19H,4,7-8,11-16,18H2,1H3. The topological polar surface area (TPSA) is 79.4 Å². The van der Waals surface area contributed by atoms with Crippen LogP contribution >= 0.6 is 0 Å². The van der Waals surface area contributed by atoms with Crippen LogP contribution in [0.3, 0.4) is 0 Å². The maximum absolute atomic E-state index is 13.3. The lowest BCUT2D eigenvalue weighted by atomic mass is 9.96. The second kappa shape index (κ2) is 9.46. The summed E-state index contributed by atoms with van der Waals surface area (Å²) in [6, 6.07) is 13.3. The van der Waals surface area contributed by atoms with Gasteiger partial charge in [0.25, 0.3) is 0 Å². The van der Waals surface area contributed by atoms with Crippen molar-refractivity contribution in [1.82, 2.24) is 9.21 Å². The van der Waals surface area contributed by atoms with E-state index in [2.05, 4.69) is 24.0 Å². The van der Waals surface area contributed by atoms with Crippen LogP contribution in [0.15, 0.2) is 47.4 Å². The molecule has 3 heterocycles. The predicted molar refractivity (Wildman–Crippen MR) is 129 cm³/mol. The average Bonchev–Trinajstić information content (AvgIpc) is 3.11. The summed E-state index contributed by atoms with van der Waals surface area (Å²) in [5, 5.41) is 0. The maximum Gasteiger partial charge on any atom is 0.243 e. The first-order valence-electron chi connectivity index (χ1n) is 12.0. The maximum atomic E-state index is 13.3. The number of hydrogen-bond acceptors (Lipinski definition) is 6. The monoisotopic (exact) mass is 485 g/mol. The molecule has 0 bridgehead atoms. The lowest BCUT2D eigenvalue weighted by Gasteiger charge is -2.39. The van der Waals surface area contributed by atoms with Crippen LogP contribution in [0.5, 0.6) is 11.5 Å². The number of anilines is 1. The molecular weight excluding hydrogens is 454 g/mol. The molecule has 1 saturated heterocycles. The molecule has 3 aliphatic rings. The first-order valence-corrected chi connectivity index (χ1v) is 13.4. The number of carbonyl (C=O) groups excluding carboxylic acids is 1. The van der Waals surface area contributed by atoms with Crippen molar-refractivity contribution in [2.24, 2.45) is 0 Å². The van der Waals surface area contributed by atoms with Gasteiger partial charge in [0.15, 0.2) is 11.5 Å². The molecule has 0 saturated carbocycles. The van der Waals surface area contributed by atoms with E-state index >= 15 is 0 Å². The molecule has 2 aromatic carbocycles. The van der Waals surface area contributed by atoms with Gasteiger partial charge in [-0.05, 0) is 43.5 Å². The highest BCUT2D eigenvalue weighted by Crippen LogP contribution is 2.33. The molecule has 1 unspecified atom stereocenters. The zero-order valence-corrected chi connectivity index (χ0v) is 20.3. The molecule has 9 heteroatoms. The van der Waals surface area contributed by atoms with Gasteiger partial charge in [-0.2, -0.15) is 4.31 Å². The van der Waals surface area contributed by atoms with Gasteiger partial charge >= 0.3 is 0 Å². The van der Waals surface area contributed by atoms with E-state index in [9.17, 15) is 13.2 Å². The van der Waals surface area contributed by atoms with Gasteiger partial charge in [-0.1, -0.05) is 18.2 Å². The van der Waals surface area contributed by atoms with Crippen molar-refractivity contribution in [2.45, 2.75) is 37.1 Å². The summed E-state index contributed by atoms with van der Waals surface area (Å²) >= 11 is 0. The van der Waals surface area contributed by atoms with E-state index in [0.29, 0.717) is 50.4 Å². The minimum atomic E-state index is -3.68. The number of fused-ring (bicyclic) bond motifs is 2. The number of amides is 1. The first kappa shape index (κ1) is 23.0. The highest BCUT2D eigenvalue weighted by atomic mass is 32.2. The van der Waals surface area contributed by atoms with Gasteiger partial charge in [0, 0.05) is 50.4 Å². The van der Waals surface area contributed by atoms with Gasteiger partial charge in [-0.3, -0.25) is 4.79 Å². The molecule has 2 aromatic rings. The Kier molecular flexibility index (Phi) is 6.40. The number of piperazine rings is 1. The number of rotatable bonds is 4. The zero-order chi connectivity index (χ0) is 23.7. The van der Waals surface area contributed by atoms with Crippen LogP contribution in [0.4, 0.5) is 5.69 Å². The third-order valence-corrected chi connectivity index (χ3v) is 8.81. The Labute approximate surface area is 201 Å². The van der Waals surface area contributed by atoms with E-state index in [-0.39, 0.29) is 23.9 Å². The molecule has 1 amide bonds. The van der Waals surface area contributed by atoms with Crippen LogP contribution in [-0.4, -0.2) is 75.5 Å². The molecule has 182 valence electrons. The fourth-order valence-corrected chi connectivity index (χ4v) is 6.32. The van der Waals surface area contributed by atoms with E-state index in [0.717, 1.165) is 24.9 Å². The Morgan fingerprint density at radius 2 is 1.74 bits per heavy atom. The highest BCUT2D eigenvalue weighted by Gasteiger charge is 2.32. The molecular formula is C25H31N3O5S. The second-order valence-electron chi connectivity index (χ2n) is 9.09. The molecule has 34 heavy (non-hydrogen) atoms. The van der Waals surface area contributed by atoms with Crippen molar-refractivity contribution in [3.63, 3.8) is 0 Å². The van der Waals surface area contributed by atoms with Crippen LogP contribution in [-0.2, 0) is 21.2 Å². The molecule has 1 atom stereocenters. The summed E-state index contributed by atoms with van der Waals surface area (Å²) in [7, 11) is -3.68. The fraction of sp³-hybridized carbons (Fsp3) is 0.480. The number of carbonyl (C=O) groups is 1. The van der Waals surface area contributed by atoms with Crippen LogP contribution in [0.1, 0.15) is 25.3 Å². The van der Waals surface area contributed by atoms with Crippen LogP contribution in [0.2, 0.25) is 0 Å². The van der Waals surface area contributed by atoms with Crippen molar-refractivity contribution in [3.8, 4) is 11.5 Å². The van der Waals surface area contributed by atoms with Crippen LogP contribution in [0, 0.1) is 0 Å². The second-order valence-corrected chi connectivity index (χ2v) is 11.0. The SMILES string of the molecule is CC1CCc2ccccc2N1CC(=O)N1CCN(S(=O)(=O)c2ccc3c(c2)OCCCO3)CC1. The molecule has 3 aliphatic heterocycles. The Hall–Kier alpha value is -2.78. The third-order valence-electron chi connectivity index (χ3n) is 6.92. The number of aryl methyl sites for hydroxylation is 1. The largest absolute Gasteiger partial charge is 0.490 e. The smallest absolute Gasteiger partial charge is 0.243 e. The van der Waals surface area contributed by atoms with E-state index in [4.69, 9.17) is 9.47 Å². The quantitative estimate of drug-likeness (QED) is 0.662. The summed E-state index contributed by atoms with van der Waals surface area (Å²) in [4.78, 5) is 17.3. The van der Waals surface area contributed by atoms with Gasteiger partial charge < -0.3 is 19.3 Å². The molecule has 8 nitrogen and oxygen atoms in total. The van der Waals surface area contributed by atoms with Crippen molar-refractivity contribution < 1.29 is 22.7 Å². The molecule has 0 aliphatic carbocycles. The molecule has 0 spiro atoms. The van der Waals surface area contributed by atoms with E-state index in [1.165, 1.54) is 9.87 Å². The summed E-state index contributed by atoms with van der Waals surface area (Å²) in [5.74, 6) is 1.07. The van der Waals surface area contributed by atoms with Gasteiger partial charge in [-0.25, -0.2) is 8.42 Å². The fourth-order valence-electron chi connectivity index (χ4n) is 4.88. The van der Waals surface area contributed by atoms with Gasteiger partial charge in [0.2, 0.25) is 15.9 Å². The minimum absolute atomic E-state index is 0.0381. The van der Waals surface area contributed by atoms with Gasteiger partial charge in [-0.15, -0.1) is 0 Å². The molecule has 0 radical (unpaired) electrons. The molecule has 1 fully saturated rings. The number of nitrogens with zero attached hydrogens (tertiary/aromatic N) is 3. The van der Waals surface area contributed by atoms with Crippen molar-refractivity contribution in [3.05, 3.63) is 48.0 Å². The lowest BCUT2D eigenvalue weighted by Crippen LogP contribution is -2.53. The lowest BCUT2D eigenvalue weighted by molar-refractivity contribution is -0.131. The van der Waals surface area contributed by atoms with Crippen molar-refractivity contribution >= 4 is 21.6 Å². The Bertz CT molecular complexity index is 1160. The number of sulfonamides is 1. The number of hydrogen-bond donors (Lipinski definition) is 0. The van der Waals surface area contributed by atoms with Gasteiger partial charge in [0.05, 0.1) is 24.7 Å². The average molecular weight is 486 g/mol. The van der Waals surface area contributed by atoms with Crippen molar-refractivity contribution in [1.29, 1.82) is 0 Å². The van der Waals surface area contributed by atoms with Crippen molar-refractivity contribution in [2.75, 3.05) is 50.8 Å². The Morgan fingerprint density at radius 3 is 2.53 bits per heavy atom. The summed E-state index contributed by atoms with van der Waals surface area (Å²) < 4.78 is 39.2. The number of para-hydroxylation sites is 1. The minimum Gasteiger partial charge on any atom is -0.490 e. The number of benzene rings is 2. The predicted octanol–water partition coefficient (Wildman–Crippen LogP) is 2.52. The molecule has 0 N–H and O–H groups in total.